The second-order valence-corrected chi connectivity index (χ2v) is 4.29. The molecule has 0 bridgehead atoms. The van der Waals surface area contributed by atoms with Crippen molar-refractivity contribution >= 4 is 22.9 Å². The number of carbonyl (C=O) groups is 1. The molecule has 2 heterocycles. The van der Waals surface area contributed by atoms with Gasteiger partial charge in [0.25, 0.3) is 0 Å². The third kappa shape index (κ3) is 1.91. The number of benzene rings is 1. The third-order valence-electron chi connectivity index (χ3n) is 3.06. The monoisotopic (exact) mass is 246 g/mol. The van der Waals surface area contributed by atoms with Crippen molar-refractivity contribution < 1.29 is 9.53 Å². The average Bonchev–Trinajstić information content (AvgIpc) is 2.82. The number of H-pyrrole nitrogens is 1. The number of rotatable bonds is 2. The van der Waals surface area contributed by atoms with Gasteiger partial charge in [-0.25, -0.2) is 4.98 Å². The zero-order valence-electron chi connectivity index (χ0n) is 9.80. The number of fused-ring (bicyclic) bond motifs is 1. The highest BCUT2D eigenvalue weighted by Crippen LogP contribution is 2.19. The lowest BCUT2D eigenvalue weighted by Gasteiger charge is -2.30. The maximum Gasteiger partial charge on any atom is 0.248 e. The average molecular weight is 246 g/mol. The molecule has 1 amide bonds. The van der Waals surface area contributed by atoms with Crippen molar-refractivity contribution in [3.63, 3.8) is 0 Å². The van der Waals surface area contributed by atoms with E-state index in [1.165, 1.54) is 0 Å². The molecule has 0 aliphatic carbocycles. The molecule has 18 heavy (non-hydrogen) atoms. The number of aromatic amines is 1. The number of nitrogens with zero attached hydrogens (tertiary/aromatic N) is 2. The molecule has 94 valence electrons. The number of morpholine rings is 1. The fraction of sp³-hybridized carbons (Fsp3) is 0.333. The fourth-order valence-electron chi connectivity index (χ4n) is 2.10. The molecule has 1 atom stereocenters. The predicted molar refractivity (Wildman–Crippen MR) is 67.2 cm³/mol. The second kappa shape index (κ2) is 4.30. The maximum absolute atomic E-state index is 11.1. The van der Waals surface area contributed by atoms with E-state index in [0.29, 0.717) is 19.7 Å². The van der Waals surface area contributed by atoms with Crippen molar-refractivity contribution in [2.75, 3.05) is 24.6 Å². The smallest absolute Gasteiger partial charge is 0.248 e. The number of hydrogen-bond acceptors (Lipinski definition) is 4. The number of aromatic nitrogens is 2. The number of hydrogen-bond donors (Lipinski definition) is 2. The van der Waals surface area contributed by atoms with Crippen molar-refractivity contribution in [3.05, 3.63) is 24.3 Å². The molecule has 1 aliphatic rings. The van der Waals surface area contributed by atoms with Gasteiger partial charge in [-0.15, -0.1) is 0 Å². The summed E-state index contributed by atoms with van der Waals surface area (Å²) < 4.78 is 5.31. The number of anilines is 1. The van der Waals surface area contributed by atoms with Crippen LogP contribution in [0.1, 0.15) is 0 Å². The van der Waals surface area contributed by atoms with Crippen LogP contribution in [0, 0.1) is 0 Å². The summed E-state index contributed by atoms with van der Waals surface area (Å²) in [5.74, 6) is 0.321. The number of amides is 1. The minimum Gasteiger partial charge on any atom is -0.367 e. The Bertz CT molecular complexity index is 547. The largest absolute Gasteiger partial charge is 0.367 e. The van der Waals surface area contributed by atoms with Crippen LogP contribution in [0.2, 0.25) is 0 Å². The Balaban J connectivity index is 1.87. The van der Waals surface area contributed by atoms with Crippen LogP contribution in [0.4, 0.5) is 5.95 Å². The molecule has 1 aromatic carbocycles. The van der Waals surface area contributed by atoms with Crippen LogP contribution in [0.15, 0.2) is 24.3 Å². The molecule has 6 nitrogen and oxygen atoms in total. The Hall–Kier alpha value is -2.08. The van der Waals surface area contributed by atoms with E-state index in [1.807, 2.05) is 29.2 Å². The van der Waals surface area contributed by atoms with Crippen LogP contribution in [0.25, 0.3) is 11.0 Å². The summed E-state index contributed by atoms with van der Waals surface area (Å²) in [7, 11) is 0. The molecule has 1 unspecified atom stereocenters. The zero-order chi connectivity index (χ0) is 12.5. The summed E-state index contributed by atoms with van der Waals surface area (Å²) in [5, 5.41) is 0. The highest BCUT2D eigenvalue weighted by Gasteiger charge is 2.26. The molecule has 2 aromatic rings. The van der Waals surface area contributed by atoms with Crippen LogP contribution in [-0.2, 0) is 9.53 Å². The summed E-state index contributed by atoms with van der Waals surface area (Å²) in [5.41, 5.74) is 7.15. The number of imidazole rings is 1. The quantitative estimate of drug-likeness (QED) is 0.795. The minimum atomic E-state index is -0.563. The number of nitrogens with one attached hydrogen (secondary N) is 1. The molecular weight excluding hydrogens is 232 g/mol. The van der Waals surface area contributed by atoms with Crippen LogP contribution in [0.5, 0.6) is 0 Å². The van der Waals surface area contributed by atoms with E-state index >= 15 is 0 Å². The van der Waals surface area contributed by atoms with Gasteiger partial charge in [0.05, 0.1) is 24.2 Å². The maximum atomic E-state index is 11.1. The molecule has 6 heteroatoms. The Morgan fingerprint density at radius 2 is 2.33 bits per heavy atom. The second-order valence-electron chi connectivity index (χ2n) is 4.29. The first-order chi connectivity index (χ1) is 8.74. The number of carbonyl (C=O) groups excluding carboxylic acids is 1. The van der Waals surface area contributed by atoms with Gasteiger partial charge in [-0.2, -0.15) is 0 Å². The number of ether oxygens (including phenoxy) is 1. The predicted octanol–water partition coefficient (Wildman–Crippen LogP) is 0.253. The van der Waals surface area contributed by atoms with E-state index in [1.54, 1.807) is 0 Å². The van der Waals surface area contributed by atoms with Crippen molar-refractivity contribution in [2.24, 2.45) is 5.73 Å². The summed E-state index contributed by atoms with van der Waals surface area (Å²) in [4.78, 5) is 20.9. The molecule has 1 saturated heterocycles. The Labute approximate surface area is 104 Å². The van der Waals surface area contributed by atoms with Crippen LogP contribution < -0.4 is 10.6 Å². The summed E-state index contributed by atoms with van der Waals surface area (Å²) in [6.45, 7) is 1.61. The molecule has 0 radical (unpaired) electrons. The van der Waals surface area contributed by atoms with Gasteiger partial charge in [-0.05, 0) is 12.1 Å². The molecule has 0 saturated carbocycles. The topological polar surface area (TPSA) is 84.2 Å². The van der Waals surface area contributed by atoms with Crippen LogP contribution >= 0.6 is 0 Å². The first-order valence-corrected chi connectivity index (χ1v) is 5.84. The van der Waals surface area contributed by atoms with Gasteiger partial charge in [-0.1, -0.05) is 12.1 Å². The van der Waals surface area contributed by atoms with Gasteiger partial charge in [0.2, 0.25) is 11.9 Å². The Morgan fingerprint density at radius 3 is 3.11 bits per heavy atom. The molecular formula is C12H14N4O2. The SMILES string of the molecule is NC(=O)C1CN(c2nc3ccccc3[nH]2)CCO1. The standard InChI is InChI=1S/C12H14N4O2/c13-11(17)10-7-16(5-6-18-10)12-14-8-3-1-2-4-9(8)15-12/h1-4,10H,5-7H2,(H2,13,17)(H,14,15). The lowest BCUT2D eigenvalue weighted by molar-refractivity contribution is -0.130. The molecule has 3 rings (SSSR count). The van der Waals surface area contributed by atoms with E-state index in [4.69, 9.17) is 10.5 Å². The Morgan fingerprint density at radius 1 is 1.50 bits per heavy atom. The molecule has 3 N–H and O–H groups in total. The third-order valence-corrected chi connectivity index (χ3v) is 3.06. The number of para-hydroxylation sites is 2. The van der Waals surface area contributed by atoms with Gasteiger partial charge in [0.15, 0.2) is 6.10 Å². The van der Waals surface area contributed by atoms with E-state index < -0.39 is 12.0 Å². The van der Waals surface area contributed by atoms with E-state index in [0.717, 1.165) is 17.0 Å². The van der Waals surface area contributed by atoms with Crippen molar-refractivity contribution in [1.29, 1.82) is 0 Å². The van der Waals surface area contributed by atoms with E-state index in [9.17, 15) is 4.79 Å². The highest BCUT2D eigenvalue weighted by molar-refractivity contribution is 5.80. The summed E-state index contributed by atoms with van der Waals surface area (Å²) in [6.07, 6.45) is -0.563. The van der Waals surface area contributed by atoms with Gasteiger partial charge in [-0.3, -0.25) is 4.79 Å². The van der Waals surface area contributed by atoms with Crippen molar-refractivity contribution in [3.8, 4) is 0 Å². The highest BCUT2D eigenvalue weighted by atomic mass is 16.5. The van der Waals surface area contributed by atoms with Crippen molar-refractivity contribution in [1.82, 2.24) is 9.97 Å². The lowest BCUT2D eigenvalue weighted by atomic mass is 10.3. The number of primary amides is 1. The minimum absolute atomic E-state index is 0.434. The zero-order valence-corrected chi connectivity index (χ0v) is 9.80. The summed E-state index contributed by atoms with van der Waals surface area (Å²) in [6, 6.07) is 7.81. The van der Waals surface area contributed by atoms with Gasteiger partial charge >= 0.3 is 0 Å². The first-order valence-electron chi connectivity index (χ1n) is 5.84. The van der Waals surface area contributed by atoms with E-state index in [-0.39, 0.29) is 0 Å². The molecule has 0 spiro atoms. The number of nitrogens with two attached hydrogens (primary N) is 1. The summed E-state index contributed by atoms with van der Waals surface area (Å²) >= 11 is 0. The molecule has 1 fully saturated rings. The lowest BCUT2D eigenvalue weighted by Crippen LogP contribution is -2.48. The van der Waals surface area contributed by atoms with Crippen molar-refractivity contribution in [2.45, 2.75) is 6.10 Å². The molecule has 1 aliphatic heterocycles. The fourth-order valence-corrected chi connectivity index (χ4v) is 2.10. The van der Waals surface area contributed by atoms with Crippen LogP contribution in [0.3, 0.4) is 0 Å². The van der Waals surface area contributed by atoms with Gasteiger partial charge < -0.3 is 20.4 Å². The van der Waals surface area contributed by atoms with Gasteiger partial charge in [0.1, 0.15) is 0 Å². The first kappa shape index (κ1) is 11.0. The van der Waals surface area contributed by atoms with Gasteiger partial charge in [0, 0.05) is 6.54 Å². The van der Waals surface area contributed by atoms with E-state index in [2.05, 4.69) is 9.97 Å². The Kier molecular flexibility index (Phi) is 2.64. The van der Waals surface area contributed by atoms with Crippen LogP contribution in [-0.4, -0.2) is 41.7 Å². The molecule has 1 aromatic heterocycles. The normalized spacial score (nSPS) is 20.2.